The van der Waals surface area contributed by atoms with E-state index in [1.807, 2.05) is 45.4 Å². The normalized spacial score (nSPS) is 18.6. The van der Waals surface area contributed by atoms with Gasteiger partial charge in [0.1, 0.15) is 0 Å². The number of hydrogen-bond acceptors (Lipinski definition) is 4. The first-order valence-electron chi connectivity index (χ1n) is 13.1. The molecule has 6 heteroatoms. The molecule has 1 unspecified atom stereocenters. The predicted molar refractivity (Wildman–Crippen MR) is 146 cm³/mol. The Morgan fingerprint density at radius 3 is 2.42 bits per heavy atom. The monoisotopic (exact) mass is 501 g/mol. The summed E-state index contributed by atoms with van der Waals surface area (Å²) in [6, 6.07) is 18.8. The van der Waals surface area contributed by atoms with Crippen LogP contribution in [-0.2, 0) is 17.6 Å². The molecule has 0 radical (unpaired) electrons. The number of nitrogens with zero attached hydrogens (tertiary/aromatic N) is 3. The second-order valence-corrected chi connectivity index (χ2v) is 10.9. The van der Waals surface area contributed by atoms with Crippen LogP contribution in [0.15, 0.2) is 60.0 Å². The zero-order valence-electron chi connectivity index (χ0n) is 21.3. The van der Waals surface area contributed by atoms with Crippen molar-refractivity contribution in [2.45, 2.75) is 39.2 Å². The van der Waals surface area contributed by atoms with E-state index in [4.69, 9.17) is 0 Å². The Bertz CT molecular complexity index is 1220. The number of rotatable bonds is 5. The first kappa shape index (κ1) is 24.7. The van der Waals surface area contributed by atoms with E-state index in [-0.39, 0.29) is 17.9 Å². The van der Waals surface area contributed by atoms with Crippen LogP contribution in [0.4, 0.5) is 0 Å². The molecule has 36 heavy (non-hydrogen) atoms. The second-order valence-electron chi connectivity index (χ2n) is 9.86. The van der Waals surface area contributed by atoms with Crippen LogP contribution in [0.25, 0.3) is 0 Å². The fourth-order valence-electron chi connectivity index (χ4n) is 5.51. The van der Waals surface area contributed by atoms with Gasteiger partial charge in [0.25, 0.3) is 5.91 Å². The van der Waals surface area contributed by atoms with Gasteiger partial charge in [0.15, 0.2) is 0 Å². The van der Waals surface area contributed by atoms with E-state index < -0.39 is 0 Å². The minimum absolute atomic E-state index is 0.0626. The first-order chi connectivity index (χ1) is 17.5. The fraction of sp³-hybridized carbons (Fsp3) is 0.400. The Balaban J connectivity index is 1.26. The maximum atomic E-state index is 13.5. The number of carbonyl (C=O) groups excluding carboxylic acids is 2. The third-order valence-electron chi connectivity index (χ3n) is 7.63. The number of thiophene rings is 1. The molecule has 1 saturated heterocycles. The quantitative estimate of drug-likeness (QED) is 0.497. The van der Waals surface area contributed by atoms with Crippen molar-refractivity contribution in [3.05, 3.63) is 92.7 Å². The van der Waals surface area contributed by atoms with E-state index in [1.54, 1.807) is 0 Å². The molecule has 0 N–H and O–H groups in total. The lowest BCUT2D eigenvalue weighted by Crippen LogP contribution is -2.45. The number of amides is 2. The van der Waals surface area contributed by atoms with Crippen molar-refractivity contribution in [3.63, 3.8) is 0 Å². The van der Waals surface area contributed by atoms with Crippen molar-refractivity contribution >= 4 is 23.2 Å². The Labute approximate surface area is 218 Å². The molecule has 0 bridgehead atoms. The summed E-state index contributed by atoms with van der Waals surface area (Å²) in [5.41, 5.74) is 5.85. The minimum Gasteiger partial charge on any atom is -0.340 e. The van der Waals surface area contributed by atoms with Crippen LogP contribution in [0.2, 0.25) is 0 Å². The van der Waals surface area contributed by atoms with E-state index in [0.29, 0.717) is 32.7 Å². The Hall–Kier alpha value is -2.96. The zero-order valence-corrected chi connectivity index (χ0v) is 22.1. The highest BCUT2D eigenvalue weighted by atomic mass is 32.1. The number of aryl methyl sites for hydroxylation is 2. The zero-order chi connectivity index (χ0) is 25.1. The highest BCUT2D eigenvalue weighted by molar-refractivity contribution is 7.10. The van der Waals surface area contributed by atoms with Crippen molar-refractivity contribution in [1.82, 2.24) is 14.7 Å². The van der Waals surface area contributed by atoms with Gasteiger partial charge in [0, 0.05) is 43.2 Å². The van der Waals surface area contributed by atoms with Gasteiger partial charge in [-0.1, -0.05) is 43.3 Å². The third kappa shape index (κ3) is 5.11. The van der Waals surface area contributed by atoms with Crippen LogP contribution >= 0.6 is 11.3 Å². The fourth-order valence-corrected chi connectivity index (χ4v) is 6.41. The SMILES string of the molecule is CCc1ccc(C(=O)N2CCCN(C(=O)CN3CCc4sccc4C3c3ccccc3C)CC2)cc1. The number of carbonyl (C=O) groups is 2. The molecule has 5 rings (SSSR count). The van der Waals surface area contributed by atoms with Crippen LogP contribution in [0.3, 0.4) is 0 Å². The largest absolute Gasteiger partial charge is 0.340 e. The van der Waals surface area contributed by atoms with E-state index >= 15 is 0 Å². The molecule has 2 aromatic carbocycles. The lowest BCUT2D eigenvalue weighted by Gasteiger charge is -2.37. The number of benzene rings is 2. The van der Waals surface area contributed by atoms with Gasteiger partial charge in [0.05, 0.1) is 12.6 Å². The van der Waals surface area contributed by atoms with Crippen LogP contribution in [0.1, 0.15) is 56.9 Å². The summed E-state index contributed by atoms with van der Waals surface area (Å²) in [6.45, 7) is 8.11. The van der Waals surface area contributed by atoms with Crippen molar-refractivity contribution in [2.24, 2.45) is 0 Å². The number of hydrogen-bond donors (Lipinski definition) is 0. The molecule has 3 aromatic rings. The van der Waals surface area contributed by atoms with E-state index in [1.165, 1.54) is 27.1 Å². The molecule has 1 fully saturated rings. The highest BCUT2D eigenvalue weighted by Gasteiger charge is 2.33. The lowest BCUT2D eigenvalue weighted by molar-refractivity contribution is -0.132. The molecule has 3 heterocycles. The molecule has 5 nitrogen and oxygen atoms in total. The van der Waals surface area contributed by atoms with Crippen molar-refractivity contribution in [1.29, 1.82) is 0 Å². The highest BCUT2D eigenvalue weighted by Crippen LogP contribution is 2.38. The molecule has 1 atom stereocenters. The van der Waals surface area contributed by atoms with Gasteiger partial charge < -0.3 is 9.80 Å². The second kappa shape index (κ2) is 11.0. The summed E-state index contributed by atoms with van der Waals surface area (Å²) in [5.74, 6) is 0.224. The van der Waals surface area contributed by atoms with Gasteiger partial charge in [-0.05, 0) is 72.0 Å². The van der Waals surface area contributed by atoms with Crippen molar-refractivity contribution in [3.8, 4) is 0 Å². The van der Waals surface area contributed by atoms with E-state index in [2.05, 4.69) is 54.5 Å². The Morgan fingerprint density at radius 1 is 0.889 bits per heavy atom. The molecule has 1 aromatic heterocycles. The van der Waals surface area contributed by atoms with E-state index in [0.717, 1.165) is 31.4 Å². The molecule has 0 spiro atoms. The van der Waals surface area contributed by atoms with Crippen molar-refractivity contribution in [2.75, 3.05) is 39.3 Å². The van der Waals surface area contributed by atoms with Crippen LogP contribution in [0.5, 0.6) is 0 Å². The van der Waals surface area contributed by atoms with E-state index in [9.17, 15) is 9.59 Å². The van der Waals surface area contributed by atoms with Crippen LogP contribution < -0.4 is 0 Å². The predicted octanol–water partition coefficient (Wildman–Crippen LogP) is 4.94. The standard InChI is InChI=1S/C30H35N3O2S/c1-3-23-9-11-24(12-10-23)30(35)32-16-6-15-31(18-19-32)28(34)21-33-17-13-27-26(14-20-36-27)29(33)25-8-5-4-7-22(25)2/h4-5,7-12,14,20,29H,3,6,13,15-19,21H2,1-2H3. The average Bonchev–Trinajstić information content (AvgIpc) is 3.24. The molecular formula is C30H35N3O2S. The summed E-state index contributed by atoms with van der Waals surface area (Å²) in [5, 5.41) is 2.18. The van der Waals surface area contributed by atoms with Gasteiger partial charge >= 0.3 is 0 Å². The van der Waals surface area contributed by atoms with Crippen molar-refractivity contribution < 1.29 is 9.59 Å². The summed E-state index contributed by atoms with van der Waals surface area (Å²) in [4.78, 5) is 34.3. The van der Waals surface area contributed by atoms with Gasteiger partial charge in [-0.2, -0.15) is 0 Å². The summed E-state index contributed by atoms with van der Waals surface area (Å²) in [7, 11) is 0. The molecule has 0 aliphatic carbocycles. The van der Waals surface area contributed by atoms with Gasteiger partial charge in [0.2, 0.25) is 5.91 Å². The van der Waals surface area contributed by atoms with Crippen LogP contribution in [-0.4, -0.2) is 65.8 Å². The molecule has 0 saturated carbocycles. The number of fused-ring (bicyclic) bond motifs is 1. The molecule has 2 amide bonds. The van der Waals surface area contributed by atoms with Gasteiger partial charge in [-0.15, -0.1) is 11.3 Å². The van der Waals surface area contributed by atoms with Gasteiger partial charge in [-0.25, -0.2) is 0 Å². The summed E-state index contributed by atoms with van der Waals surface area (Å²) >= 11 is 1.82. The summed E-state index contributed by atoms with van der Waals surface area (Å²) in [6.07, 6.45) is 2.76. The minimum atomic E-state index is 0.0626. The smallest absolute Gasteiger partial charge is 0.253 e. The lowest BCUT2D eigenvalue weighted by atomic mass is 9.90. The van der Waals surface area contributed by atoms with Crippen LogP contribution in [0, 0.1) is 6.92 Å². The maximum Gasteiger partial charge on any atom is 0.253 e. The Kier molecular flexibility index (Phi) is 7.54. The molecule has 2 aliphatic heterocycles. The molecule has 2 aliphatic rings. The third-order valence-corrected chi connectivity index (χ3v) is 8.63. The van der Waals surface area contributed by atoms with Gasteiger partial charge in [-0.3, -0.25) is 14.5 Å². The molecule has 188 valence electrons. The summed E-state index contributed by atoms with van der Waals surface area (Å²) < 4.78 is 0. The topological polar surface area (TPSA) is 43.9 Å². The maximum absolute atomic E-state index is 13.5. The first-order valence-corrected chi connectivity index (χ1v) is 13.9. The average molecular weight is 502 g/mol. The Morgan fingerprint density at radius 2 is 1.64 bits per heavy atom. The molecular weight excluding hydrogens is 466 g/mol.